The third-order valence-corrected chi connectivity index (χ3v) is 2.52. The van der Waals surface area contributed by atoms with Gasteiger partial charge in [0, 0.05) is 17.6 Å². The Hall–Kier alpha value is -0.850. The molecular weight excluding hydrogens is 239 g/mol. The molecule has 1 unspecified atom stereocenters. The van der Waals surface area contributed by atoms with Crippen LogP contribution in [-0.4, -0.2) is 15.4 Å². The normalized spacial score (nSPS) is 14.2. The second-order valence-electron chi connectivity index (χ2n) is 4.10. The van der Waals surface area contributed by atoms with Gasteiger partial charge in [0.1, 0.15) is 0 Å². The molecule has 1 atom stereocenters. The zero-order chi connectivity index (χ0) is 12.3. The third kappa shape index (κ3) is 3.96. The summed E-state index contributed by atoms with van der Waals surface area (Å²) in [5.41, 5.74) is 0. The zero-order valence-electron chi connectivity index (χ0n) is 9.30. The Morgan fingerprint density at radius 1 is 1.31 bits per heavy atom. The minimum Gasteiger partial charge on any atom is -0.358 e. The number of alkyl halides is 3. The maximum Gasteiger partial charge on any atom is 0.452 e. The summed E-state index contributed by atoms with van der Waals surface area (Å²) in [6.45, 7) is 6.02. The van der Waals surface area contributed by atoms with Crippen LogP contribution in [-0.2, 0) is 6.18 Å². The highest BCUT2D eigenvalue weighted by molar-refractivity contribution is 7.09. The van der Waals surface area contributed by atoms with Gasteiger partial charge >= 0.3 is 6.18 Å². The average Bonchev–Trinajstić information content (AvgIpc) is 2.49. The molecule has 92 valence electrons. The largest absolute Gasteiger partial charge is 0.452 e. The molecule has 16 heavy (non-hydrogen) atoms. The summed E-state index contributed by atoms with van der Waals surface area (Å²) >= 11 is 0.740. The molecule has 1 N–H and O–H groups in total. The molecule has 1 aromatic heterocycles. The maximum atomic E-state index is 12.2. The number of nitrogens with zero attached hydrogens (tertiary/aromatic N) is 2. The predicted molar refractivity (Wildman–Crippen MR) is 57.5 cm³/mol. The molecule has 0 saturated heterocycles. The summed E-state index contributed by atoms with van der Waals surface area (Å²) in [6.07, 6.45) is -3.58. The van der Waals surface area contributed by atoms with Crippen LogP contribution in [0, 0.1) is 5.92 Å². The topological polar surface area (TPSA) is 37.8 Å². The van der Waals surface area contributed by atoms with Gasteiger partial charge in [-0.3, -0.25) is 0 Å². The lowest BCUT2D eigenvalue weighted by Crippen LogP contribution is -2.17. The van der Waals surface area contributed by atoms with Crippen molar-refractivity contribution >= 4 is 16.7 Å². The predicted octanol–water partition coefficient (Wildman–Crippen LogP) is 3.40. The lowest BCUT2D eigenvalue weighted by molar-refractivity contribution is -0.144. The standard InChI is InChI=1S/C9H14F3N3S/c1-5(2)4-6(3)13-8-14-7(15-16-8)9(10,11)12/h5-6H,4H2,1-3H3,(H,13,14,15). The maximum absolute atomic E-state index is 12.2. The van der Waals surface area contributed by atoms with E-state index in [0.717, 1.165) is 18.0 Å². The first-order valence-electron chi connectivity index (χ1n) is 4.96. The van der Waals surface area contributed by atoms with Crippen molar-refractivity contribution in [2.24, 2.45) is 5.92 Å². The number of anilines is 1. The minimum atomic E-state index is -4.46. The Kier molecular flexibility index (Phi) is 4.12. The molecule has 0 amide bonds. The van der Waals surface area contributed by atoms with E-state index in [1.807, 2.05) is 6.92 Å². The van der Waals surface area contributed by atoms with Crippen LogP contribution >= 0.6 is 11.5 Å². The van der Waals surface area contributed by atoms with E-state index in [0.29, 0.717) is 5.92 Å². The number of aromatic nitrogens is 2. The smallest absolute Gasteiger partial charge is 0.358 e. The molecule has 0 aromatic carbocycles. The van der Waals surface area contributed by atoms with Gasteiger partial charge in [-0.25, -0.2) is 0 Å². The van der Waals surface area contributed by atoms with E-state index in [1.54, 1.807) is 0 Å². The zero-order valence-corrected chi connectivity index (χ0v) is 10.1. The second kappa shape index (κ2) is 4.99. The molecule has 3 nitrogen and oxygen atoms in total. The molecule has 7 heteroatoms. The average molecular weight is 253 g/mol. The van der Waals surface area contributed by atoms with Crippen LogP contribution in [0.4, 0.5) is 18.3 Å². The Morgan fingerprint density at radius 2 is 1.94 bits per heavy atom. The van der Waals surface area contributed by atoms with Gasteiger partial charge in [-0.15, -0.1) is 0 Å². The van der Waals surface area contributed by atoms with E-state index in [-0.39, 0.29) is 11.2 Å². The summed E-state index contributed by atoms with van der Waals surface area (Å²) < 4.78 is 39.9. The fourth-order valence-electron chi connectivity index (χ4n) is 1.37. The number of nitrogens with one attached hydrogen (secondary N) is 1. The molecule has 1 heterocycles. The van der Waals surface area contributed by atoms with Crippen molar-refractivity contribution in [3.05, 3.63) is 5.82 Å². The van der Waals surface area contributed by atoms with Crippen molar-refractivity contribution in [3.8, 4) is 0 Å². The van der Waals surface area contributed by atoms with Gasteiger partial charge < -0.3 is 5.32 Å². The summed E-state index contributed by atoms with van der Waals surface area (Å²) in [5.74, 6) is -0.589. The van der Waals surface area contributed by atoms with Crippen molar-refractivity contribution in [1.82, 2.24) is 9.36 Å². The third-order valence-electron chi connectivity index (χ3n) is 1.87. The highest BCUT2D eigenvalue weighted by Gasteiger charge is 2.36. The van der Waals surface area contributed by atoms with Gasteiger partial charge in [0.15, 0.2) is 0 Å². The van der Waals surface area contributed by atoms with Crippen LogP contribution in [0.2, 0.25) is 0 Å². The molecule has 0 radical (unpaired) electrons. The van der Waals surface area contributed by atoms with Gasteiger partial charge in [-0.1, -0.05) is 13.8 Å². The first kappa shape index (κ1) is 13.2. The van der Waals surface area contributed by atoms with E-state index < -0.39 is 12.0 Å². The Balaban J connectivity index is 2.59. The molecule has 0 aliphatic carbocycles. The molecule has 0 aliphatic heterocycles. The van der Waals surface area contributed by atoms with Gasteiger partial charge in [0.2, 0.25) is 11.0 Å². The van der Waals surface area contributed by atoms with Crippen molar-refractivity contribution in [3.63, 3.8) is 0 Å². The number of rotatable bonds is 4. The molecule has 0 saturated carbocycles. The van der Waals surface area contributed by atoms with Crippen LogP contribution in [0.5, 0.6) is 0 Å². The minimum absolute atomic E-state index is 0.0917. The summed E-state index contributed by atoms with van der Waals surface area (Å²) in [7, 11) is 0. The van der Waals surface area contributed by atoms with Crippen molar-refractivity contribution in [2.75, 3.05) is 5.32 Å². The fraction of sp³-hybridized carbons (Fsp3) is 0.778. The van der Waals surface area contributed by atoms with Crippen LogP contribution in [0.1, 0.15) is 33.0 Å². The van der Waals surface area contributed by atoms with Crippen LogP contribution in [0.3, 0.4) is 0 Å². The number of halogens is 3. The van der Waals surface area contributed by atoms with Gasteiger partial charge in [0.05, 0.1) is 0 Å². The Labute approximate surface area is 96.3 Å². The molecule has 1 aromatic rings. The SMILES string of the molecule is CC(C)CC(C)Nc1nc(C(F)(F)F)ns1. The highest BCUT2D eigenvalue weighted by atomic mass is 32.1. The lowest BCUT2D eigenvalue weighted by atomic mass is 10.1. The van der Waals surface area contributed by atoms with Crippen molar-refractivity contribution < 1.29 is 13.2 Å². The second-order valence-corrected chi connectivity index (χ2v) is 4.85. The Morgan fingerprint density at radius 3 is 2.38 bits per heavy atom. The quantitative estimate of drug-likeness (QED) is 0.893. The monoisotopic (exact) mass is 253 g/mol. The van der Waals surface area contributed by atoms with E-state index >= 15 is 0 Å². The van der Waals surface area contributed by atoms with E-state index in [9.17, 15) is 13.2 Å². The molecular formula is C9H14F3N3S. The first-order valence-corrected chi connectivity index (χ1v) is 5.74. The van der Waals surface area contributed by atoms with Crippen LogP contribution < -0.4 is 5.32 Å². The van der Waals surface area contributed by atoms with E-state index in [4.69, 9.17) is 0 Å². The fourth-order valence-corrected chi connectivity index (χ4v) is 2.07. The molecule has 0 fully saturated rings. The Bertz CT molecular complexity index is 335. The molecule has 0 aliphatic rings. The van der Waals surface area contributed by atoms with Crippen molar-refractivity contribution in [1.29, 1.82) is 0 Å². The van der Waals surface area contributed by atoms with Crippen LogP contribution in [0.15, 0.2) is 0 Å². The number of hydrogen-bond donors (Lipinski definition) is 1. The molecule has 1 rings (SSSR count). The molecule has 0 bridgehead atoms. The highest BCUT2D eigenvalue weighted by Crippen LogP contribution is 2.29. The van der Waals surface area contributed by atoms with Gasteiger partial charge in [-0.2, -0.15) is 22.5 Å². The van der Waals surface area contributed by atoms with Crippen molar-refractivity contribution in [2.45, 2.75) is 39.4 Å². The van der Waals surface area contributed by atoms with Crippen LogP contribution in [0.25, 0.3) is 0 Å². The lowest BCUT2D eigenvalue weighted by Gasteiger charge is -2.14. The van der Waals surface area contributed by atoms with Gasteiger partial charge in [-0.05, 0) is 19.3 Å². The summed E-state index contributed by atoms with van der Waals surface area (Å²) in [4.78, 5) is 3.40. The molecule has 0 spiro atoms. The number of hydrogen-bond acceptors (Lipinski definition) is 4. The first-order chi connectivity index (χ1) is 7.29. The summed E-state index contributed by atoms with van der Waals surface area (Å²) in [5, 5.41) is 3.13. The summed E-state index contributed by atoms with van der Waals surface area (Å²) in [6, 6.07) is 0.0917. The van der Waals surface area contributed by atoms with E-state index in [1.165, 1.54) is 0 Å². The van der Waals surface area contributed by atoms with Gasteiger partial charge in [0.25, 0.3) is 0 Å². The van der Waals surface area contributed by atoms with E-state index in [2.05, 4.69) is 28.5 Å².